The molecule has 1 N–H and O–H groups in total. The third kappa shape index (κ3) is 5.36. The number of rotatable bonds is 4. The van der Waals surface area contributed by atoms with Crippen LogP contribution in [0.3, 0.4) is 0 Å². The summed E-state index contributed by atoms with van der Waals surface area (Å²) in [6, 6.07) is 16.1. The maximum absolute atomic E-state index is 14.5. The van der Waals surface area contributed by atoms with Crippen LogP contribution in [0.5, 0.6) is 5.75 Å². The molecule has 0 bridgehead atoms. The molecule has 8 nitrogen and oxygen atoms in total. The van der Waals surface area contributed by atoms with E-state index in [1.54, 1.807) is 33.4 Å². The topological polar surface area (TPSA) is 87.4 Å². The fraction of sp³-hybridized carbons (Fsp3) is 0.323. The summed E-state index contributed by atoms with van der Waals surface area (Å²) in [6.07, 6.45) is 1.19. The van der Waals surface area contributed by atoms with Gasteiger partial charge in [0, 0.05) is 44.2 Å². The summed E-state index contributed by atoms with van der Waals surface area (Å²) in [5.41, 5.74) is 3.88. The second kappa shape index (κ2) is 10.6. The van der Waals surface area contributed by atoms with Crippen molar-refractivity contribution in [3.63, 3.8) is 0 Å². The van der Waals surface area contributed by atoms with Gasteiger partial charge < -0.3 is 19.6 Å². The SMILES string of the molecule is Cc1c(F)cccc1Cc1c(-c2ccccc2)c2cc(O)cnn2c1C(=O)N1CCN(C(=O)OC(C)(C)C)CC1. The fourth-order valence-corrected chi connectivity index (χ4v) is 5.10. The summed E-state index contributed by atoms with van der Waals surface area (Å²) in [5, 5.41) is 14.8. The standard InChI is InChI=1S/C31H33FN4O4/c1-20-22(11-8-12-25(20)32)17-24-27(21-9-6-5-7-10-21)26-18-23(37)19-33-36(26)28(24)29(38)34-13-15-35(16-14-34)30(39)40-31(2,3)4/h5-12,18-19,37H,13-17H2,1-4H3. The molecular formula is C31H33FN4O4. The minimum Gasteiger partial charge on any atom is -0.506 e. The zero-order valence-electron chi connectivity index (χ0n) is 23.1. The largest absolute Gasteiger partial charge is 0.506 e. The Hall–Kier alpha value is -4.40. The van der Waals surface area contributed by atoms with E-state index in [1.165, 1.54) is 12.3 Å². The lowest BCUT2D eigenvalue weighted by Crippen LogP contribution is -2.52. The molecule has 0 radical (unpaired) electrons. The van der Waals surface area contributed by atoms with E-state index in [-0.39, 0.29) is 23.9 Å². The highest BCUT2D eigenvalue weighted by molar-refractivity contribution is 6.01. The monoisotopic (exact) mass is 544 g/mol. The number of carbonyl (C=O) groups excluding carboxylic acids is 2. The van der Waals surface area contributed by atoms with E-state index in [9.17, 15) is 19.1 Å². The number of fused-ring (bicyclic) bond motifs is 1. The number of hydrogen-bond donors (Lipinski definition) is 1. The molecule has 0 spiro atoms. The predicted molar refractivity (Wildman–Crippen MR) is 150 cm³/mol. The van der Waals surface area contributed by atoms with Gasteiger partial charge in [0.25, 0.3) is 5.91 Å². The Morgan fingerprint density at radius 1 is 1.00 bits per heavy atom. The van der Waals surface area contributed by atoms with Crippen LogP contribution in [0.25, 0.3) is 16.6 Å². The number of carbonyl (C=O) groups is 2. The minimum atomic E-state index is -0.607. The van der Waals surface area contributed by atoms with Crippen molar-refractivity contribution in [2.75, 3.05) is 26.2 Å². The van der Waals surface area contributed by atoms with Crippen LogP contribution in [0.15, 0.2) is 60.8 Å². The summed E-state index contributed by atoms with van der Waals surface area (Å²) in [5.74, 6) is -0.589. The molecule has 2 amide bonds. The molecule has 4 aromatic rings. The molecule has 9 heteroatoms. The molecule has 1 aliphatic heterocycles. The van der Waals surface area contributed by atoms with Crippen LogP contribution in [0.4, 0.5) is 9.18 Å². The van der Waals surface area contributed by atoms with Crippen LogP contribution >= 0.6 is 0 Å². The van der Waals surface area contributed by atoms with Crippen molar-refractivity contribution in [2.45, 2.75) is 39.7 Å². The van der Waals surface area contributed by atoms with Gasteiger partial charge in [0.05, 0.1) is 11.7 Å². The highest BCUT2D eigenvalue weighted by Gasteiger charge is 2.32. The van der Waals surface area contributed by atoms with Gasteiger partial charge in [-0.25, -0.2) is 13.7 Å². The van der Waals surface area contributed by atoms with Crippen molar-refractivity contribution in [3.05, 3.63) is 89.0 Å². The van der Waals surface area contributed by atoms with E-state index in [2.05, 4.69) is 5.10 Å². The number of amides is 2. The second-order valence-corrected chi connectivity index (χ2v) is 11.0. The number of nitrogens with zero attached hydrogens (tertiary/aromatic N) is 4. The quantitative estimate of drug-likeness (QED) is 0.370. The fourth-order valence-electron chi connectivity index (χ4n) is 5.10. The first-order chi connectivity index (χ1) is 19.0. The Balaban J connectivity index is 1.59. The summed E-state index contributed by atoms with van der Waals surface area (Å²) in [4.78, 5) is 30.1. The van der Waals surface area contributed by atoms with E-state index in [0.717, 1.165) is 16.7 Å². The van der Waals surface area contributed by atoms with Gasteiger partial charge in [0.2, 0.25) is 0 Å². The molecule has 1 saturated heterocycles. The molecule has 0 saturated carbocycles. The number of halogens is 1. The molecule has 0 atom stereocenters. The van der Waals surface area contributed by atoms with Crippen molar-refractivity contribution < 1.29 is 23.8 Å². The van der Waals surface area contributed by atoms with Crippen molar-refractivity contribution in [1.29, 1.82) is 0 Å². The lowest BCUT2D eigenvalue weighted by molar-refractivity contribution is 0.0139. The van der Waals surface area contributed by atoms with E-state index >= 15 is 0 Å². The lowest BCUT2D eigenvalue weighted by Gasteiger charge is -2.35. The molecule has 208 valence electrons. The van der Waals surface area contributed by atoms with Crippen LogP contribution in [-0.4, -0.2) is 68.3 Å². The van der Waals surface area contributed by atoms with Crippen molar-refractivity contribution in [2.24, 2.45) is 0 Å². The summed E-state index contributed by atoms with van der Waals surface area (Å²) in [7, 11) is 0. The van der Waals surface area contributed by atoms with E-state index in [0.29, 0.717) is 48.5 Å². The molecule has 0 aliphatic carbocycles. The predicted octanol–water partition coefficient (Wildman–Crippen LogP) is 5.44. The van der Waals surface area contributed by atoms with Gasteiger partial charge in [-0.15, -0.1) is 0 Å². The Morgan fingerprint density at radius 2 is 1.68 bits per heavy atom. The third-order valence-corrected chi connectivity index (χ3v) is 7.10. The maximum atomic E-state index is 14.5. The molecule has 5 rings (SSSR count). The van der Waals surface area contributed by atoms with Crippen LogP contribution in [0, 0.1) is 12.7 Å². The number of aromatic hydroxyl groups is 1. The van der Waals surface area contributed by atoms with Gasteiger partial charge in [-0.2, -0.15) is 5.10 Å². The molecule has 1 aliphatic rings. The number of aromatic nitrogens is 2. The number of hydrogen-bond acceptors (Lipinski definition) is 5. The van der Waals surface area contributed by atoms with Gasteiger partial charge in [0.15, 0.2) is 0 Å². The molecular weight excluding hydrogens is 511 g/mol. The first-order valence-corrected chi connectivity index (χ1v) is 13.3. The van der Waals surface area contributed by atoms with Gasteiger partial charge in [-0.3, -0.25) is 4.79 Å². The maximum Gasteiger partial charge on any atom is 0.410 e. The van der Waals surface area contributed by atoms with E-state index in [4.69, 9.17) is 4.74 Å². The normalized spacial score (nSPS) is 14.0. The van der Waals surface area contributed by atoms with E-state index in [1.807, 2.05) is 57.2 Å². The zero-order valence-corrected chi connectivity index (χ0v) is 23.1. The average molecular weight is 545 g/mol. The Bertz CT molecular complexity index is 1570. The number of ether oxygens (including phenoxy) is 1. The molecule has 0 unspecified atom stereocenters. The van der Waals surface area contributed by atoms with Crippen molar-refractivity contribution in [1.82, 2.24) is 19.4 Å². The van der Waals surface area contributed by atoms with Gasteiger partial charge >= 0.3 is 6.09 Å². The van der Waals surface area contributed by atoms with Crippen molar-refractivity contribution >= 4 is 17.5 Å². The Kier molecular flexibility index (Phi) is 7.23. The Morgan fingerprint density at radius 3 is 2.35 bits per heavy atom. The third-order valence-electron chi connectivity index (χ3n) is 7.10. The van der Waals surface area contributed by atoms with Gasteiger partial charge in [-0.1, -0.05) is 42.5 Å². The van der Waals surface area contributed by atoms with Gasteiger partial charge in [-0.05, 0) is 56.0 Å². The molecule has 1 fully saturated rings. The second-order valence-electron chi connectivity index (χ2n) is 11.0. The van der Waals surface area contributed by atoms with E-state index < -0.39 is 11.7 Å². The molecule has 2 aromatic heterocycles. The van der Waals surface area contributed by atoms with Crippen LogP contribution in [0.1, 0.15) is 48.0 Å². The van der Waals surface area contributed by atoms with Crippen LogP contribution in [0.2, 0.25) is 0 Å². The first kappa shape index (κ1) is 27.2. The molecule has 2 aromatic carbocycles. The average Bonchev–Trinajstić information content (AvgIpc) is 3.23. The van der Waals surface area contributed by atoms with Gasteiger partial charge in [0.1, 0.15) is 22.9 Å². The smallest absolute Gasteiger partial charge is 0.410 e. The minimum absolute atomic E-state index is 0.0272. The van der Waals surface area contributed by atoms with Crippen LogP contribution < -0.4 is 0 Å². The van der Waals surface area contributed by atoms with Crippen molar-refractivity contribution in [3.8, 4) is 16.9 Å². The lowest BCUT2D eigenvalue weighted by atomic mass is 9.93. The highest BCUT2D eigenvalue weighted by atomic mass is 19.1. The first-order valence-electron chi connectivity index (χ1n) is 13.3. The summed E-state index contributed by atoms with van der Waals surface area (Å²) >= 11 is 0. The zero-order chi connectivity index (χ0) is 28.6. The molecule has 40 heavy (non-hydrogen) atoms. The molecule has 3 heterocycles. The summed E-state index contributed by atoms with van der Waals surface area (Å²) in [6.45, 7) is 8.50. The Labute approximate surface area is 232 Å². The summed E-state index contributed by atoms with van der Waals surface area (Å²) < 4.78 is 21.6. The highest BCUT2D eigenvalue weighted by Crippen LogP contribution is 2.37. The van der Waals surface area contributed by atoms with Crippen LogP contribution in [-0.2, 0) is 11.2 Å². The number of benzene rings is 2. The number of piperazine rings is 1.